The van der Waals surface area contributed by atoms with Crippen LogP contribution in [0.1, 0.15) is 37.1 Å². The van der Waals surface area contributed by atoms with Crippen LogP contribution in [0.15, 0.2) is 40.8 Å². The van der Waals surface area contributed by atoms with Gasteiger partial charge in [-0.1, -0.05) is 13.0 Å². The normalized spacial score (nSPS) is 15.8. The number of hydrogen-bond donors (Lipinski definition) is 2. The van der Waals surface area contributed by atoms with E-state index in [1.165, 1.54) is 23.3 Å². The third-order valence-corrected chi connectivity index (χ3v) is 5.65. The molecule has 2 aromatic rings. The monoisotopic (exact) mass is 385 g/mol. The Balaban J connectivity index is 1.54. The highest BCUT2D eigenvalue weighted by Gasteiger charge is 2.13. The Morgan fingerprint density at radius 1 is 1.30 bits per heavy atom. The van der Waals surface area contributed by atoms with Crippen molar-refractivity contribution in [2.75, 3.05) is 31.1 Å². The van der Waals surface area contributed by atoms with Gasteiger partial charge in [-0.3, -0.25) is 0 Å². The molecule has 0 amide bonds. The van der Waals surface area contributed by atoms with E-state index in [0.29, 0.717) is 12.5 Å². The summed E-state index contributed by atoms with van der Waals surface area (Å²) in [6.07, 6.45) is 5.54. The van der Waals surface area contributed by atoms with E-state index in [9.17, 15) is 0 Å². The minimum Gasteiger partial charge on any atom is -0.357 e. The van der Waals surface area contributed by atoms with Crippen molar-refractivity contribution in [3.05, 3.63) is 46.3 Å². The zero-order valence-electron chi connectivity index (χ0n) is 16.4. The number of nitrogens with one attached hydrogen (secondary N) is 2. The predicted molar refractivity (Wildman–Crippen MR) is 116 cm³/mol. The van der Waals surface area contributed by atoms with E-state index in [1.807, 2.05) is 17.5 Å². The van der Waals surface area contributed by atoms with Crippen LogP contribution in [-0.2, 0) is 13.0 Å². The van der Waals surface area contributed by atoms with Crippen LogP contribution >= 0.6 is 11.3 Å². The van der Waals surface area contributed by atoms with E-state index in [-0.39, 0.29) is 0 Å². The van der Waals surface area contributed by atoms with Crippen molar-refractivity contribution in [1.29, 1.82) is 0 Å². The molecule has 1 fully saturated rings. The maximum absolute atomic E-state index is 4.77. The number of aliphatic imine (C=N–C) groups is 1. The molecule has 1 aliphatic rings. The topological polar surface area (TPSA) is 52.6 Å². The summed E-state index contributed by atoms with van der Waals surface area (Å²) in [4.78, 5) is 13.1. The molecule has 1 atom stereocenters. The summed E-state index contributed by atoms with van der Waals surface area (Å²) in [7, 11) is 0. The fourth-order valence-electron chi connectivity index (χ4n) is 3.31. The van der Waals surface area contributed by atoms with Crippen LogP contribution in [-0.4, -0.2) is 37.1 Å². The maximum atomic E-state index is 4.77. The third kappa shape index (κ3) is 6.24. The number of anilines is 1. The molecular weight excluding hydrogens is 354 g/mol. The van der Waals surface area contributed by atoms with Crippen molar-refractivity contribution < 1.29 is 0 Å². The van der Waals surface area contributed by atoms with Gasteiger partial charge < -0.3 is 15.5 Å². The number of nitrogens with zero attached hydrogens (tertiary/aromatic N) is 3. The highest BCUT2D eigenvalue weighted by atomic mass is 32.1. The summed E-state index contributed by atoms with van der Waals surface area (Å²) in [5, 5.41) is 8.99. The molecule has 0 bridgehead atoms. The van der Waals surface area contributed by atoms with Crippen LogP contribution in [0.25, 0.3) is 0 Å². The van der Waals surface area contributed by atoms with Crippen LogP contribution < -0.4 is 15.5 Å². The Kier molecular flexibility index (Phi) is 7.51. The summed E-state index contributed by atoms with van der Waals surface area (Å²) in [5.41, 5.74) is 1.20. The minimum atomic E-state index is 0.565. The first-order valence-electron chi connectivity index (χ1n) is 9.99. The Bertz CT molecular complexity index is 707. The summed E-state index contributed by atoms with van der Waals surface area (Å²) in [6, 6.07) is 8.57. The van der Waals surface area contributed by atoms with E-state index in [0.717, 1.165) is 44.4 Å². The van der Waals surface area contributed by atoms with E-state index in [1.54, 1.807) is 0 Å². The number of hydrogen-bond acceptors (Lipinski definition) is 4. The summed E-state index contributed by atoms with van der Waals surface area (Å²) < 4.78 is 0. The Hall–Kier alpha value is -2.08. The van der Waals surface area contributed by atoms with Crippen LogP contribution in [0, 0.1) is 5.92 Å². The molecule has 3 heterocycles. The second-order valence-corrected chi connectivity index (χ2v) is 8.21. The van der Waals surface area contributed by atoms with Gasteiger partial charge in [0.1, 0.15) is 5.82 Å². The van der Waals surface area contributed by atoms with E-state index in [2.05, 4.69) is 64.0 Å². The molecule has 3 rings (SSSR count). The van der Waals surface area contributed by atoms with Crippen LogP contribution in [0.5, 0.6) is 0 Å². The van der Waals surface area contributed by atoms with Gasteiger partial charge in [0.25, 0.3) is 0 Å². The summed E-state index contributed by atoms with van der Waals surface area (Å²) in [6.45, 7) is 9.06. The van der Waals surface area contributed by atoms with Crippen molar-refractivity contribution in [2.45, 2.75) is 39.7 Å². The lowest BCUT2D eigenvalue weighted by atomic mass is 10.1. The SMILES string of the molecule is CCNC(=NCc1ccnc(N2CCCC2)c1)NCC(C)Cc1cccs1. The second-order valence-electron chi connectivity index (χ2n) is 7.18. The molecule has 1 aliphatic heterocycles. The fraction of sp³-hybridized carbons (Fsp3) is 0.524. The van der Waals surface area contributed by atoms with Crippen molar-refractivity contribution in [3.8, 4) is 0 Å². The quantitative estimate of drug-likeness (QED) is 0.538. The first kappa shape index (κ1) is 19.7. The molecule has 6 heteroatoms. The highest BCUT2D eigenvalue weighted by molar-refractivity contribution is 7.09. The van der Waals surface area contributed by atoms with Gasteiger partial charge in [-0.15, -0.1) is 11.3 Å². The minimum absolute atomic E-state index is 0.565. The van der Waals surface area contributed by atoms with Gasteiger partial charge in [0.15, 0.2) is 5.96 Å². The molecule has 2 aromatic heterocycles. The number of rotatable bonds is 8. The van der Waals surface area contributed by atoms with Gasteiger partial charge in [0.2, 0.25) is 0 Å². The molecule has 0 aromatic carbocycles. The lowest BCUT2D eigenvalue weighted by Crippen LogP contribution is -2.39. The van der Waals surface area contributed by atoms with Gasteiger partial charge in [-0.05, 0) is 61.2 Å². The Morgan fingerprint density at radius 2 is 2.15 bits per heavy atom. The Morgan fingerprint density at radius 3 is 2.89 bits per heavy atom. The van der Waals surface area contributed by atoms with E-state index < -0.39 is 0 Å². The first-order valence-corrected chi connectivity index (χ1v) is 10.9. The average molecular weight is 386 g/mol. The van der Waals surface area contributed by atoms with Gasteiger partial charge in [-0.2, -0.15) is 0 Å². The van der Waals surface area contributed by atoms with E-state index in [4.69, 9.17) is 4.99 Å². The molecule has 2 N–H and O–H groups in total. The van der Waals surface area contributed by atoms with Gasteiger partial charge in [0, 0.05) is 37.3 Å². The zero-order chi connectivity index (χ0) is 18.9. The molecule has 0 spiro atoms. The molecular formula is C21H31N5S. The average Bonchev–Trinajstić information content (AvgIpc) is 3.38. The fourth-order valence-corrected chi connectivity index (χ4v) is 4.18. The molecule has 0 saturated carbocycles. The summed E-state index contributed by atoms with van der Waals surface area (Å²) in [5.74, 6) is 2.54. The standard InChI is InChI=1S/C21H31N5S/c1-3-22-21(24-15-17(2)13-19-7-6-12-27-19)25-16-18-8-9-23-20(14-18)26-10-4-5-11-26/h6-9,12,14,17H,3-5,10-11,13,15-16H2,1-2H3,(H2,22,24,25). The van der Waals surface area contributed by atoms with Gasteiger partial charge in [-0.25, -0.2) is 9.98 Å². The molecule has 0 radical (unpaired) electrons. The number of aromatic nitrogens is 1. The van der Waals surface area contributed by atoms with Crippen molar-refractivity contribution in [1.82, 2.24) is 15.6 Å². The zero-order valence-corrected chi connectivity index (χ0v) is 17.3. The van der Waals surface area contributed by atoms with Crippen molar-refractivity contribution in [3.63, 3.8) is 0 Å². The highest BCUT2D eigenvalue weighted by Crippen LogP contribution is 2.19. The lowest BCUT2D eigenvalue weighted by Gasteiger charge is -2.17. The van der Waals surface area contributed by atoms with Crippen molar-refractivity contribution in [2.24, 2.45) is 10.9 Å². The molecule has 1 saturated heterocycles. The predicted octanol–water partition coefficient (Wildman–Crippen LogP) is 3.68. The van der Waals surface area contributed by atoms with Gasteiger partial charge >= 0.3 is 0 Å². The van der Waals surface area contributed by atoms with Crippen LogP contribution in [0.3, 0.4) is 0 Å². The lowest BCUT2D eigenvalue weighted by molar-refractivity contribution is 0.562. The molecule has 5 nitrogen and oxygen atoms in total. The molecule has 0 aliphatic carbocycles. The second kappa shape index (κ2) is 10.3. The molecule has 27 heavy (non-hydrogen) atoms. The molecule has 1 unspecified atom stereocenters. The third-order valence-electron chi connectivity index (χ3n) is 4.75. The van der Waals surface area contributed by atoms with Crippen LogP contribution in [0.4, 0.5) is 5.82 Å². The van der Waals surface area contributed by atoms with Gasteiger partial charge in [0.05, 0.1) is 6.54 Å². The van der Waals surface area contributed by atoms with E-state index >= 15 is 0 Å². The number of guanidine groups is 1. The first-order chi connectivity index (χ1) is 13.2. The number of thiophene rings is 1. The number of pyridine rings is 1. The Labute approximate surface area is 166 Å². The van der Waals surface area contributed by atoms with Crippen molar-refractivity contribution >= 4 is 23.1 Å². The largest absolute Gasteiger partial charge is 0.357 e. The summed E-state index contributed by atoms with van der Waals surface area (Å²) >= 11 is 1.83. The van der Waals surface area contributed by atoms with Crippen LogP contribution in [0.2, 0.25) is 0 Å². The smallest absolute Gasteiger partial charge is 0.191 e. The maximum Gasteiger partial charge on any atom is 0.191 e. The molecule has 146 valence electrons.